The summed E-state index contributed by atoms with van der Waals surface area (Å²) in [5.74, 6) is -1.97. The number of fused-ring (bicyclic) bond motifs is 1. The molecule has 2 aromatic carbocycles. The van der Waals surface area contributed by atoms with E-state index in [1.165, 1.54) is 0 Å². The van der Waals surface area contributed by atoms with E-state index in [1.807, 2.05) is 36.4 Å². The molecule has 2 aliphatic rings. The Morgan fingerprint density at radius 3 is 2.06 bits per heavy atom. The van der Waals surface area contributed by atoms with E-state index in [0.717, 1.165) is 10.4 Å². The highest BCUT2D eigenvalue weighted by Crippen LogP contribution is 2.45. The van der Waals surface area contributed by atoms with Crippen molar-refractivity contribution in [3.05, 3.63) is 60.7 Å². The molecule has 4 rings (SSSR count). The van der Waals surface area contributed by atoms with Gasteiger partial charge in [-0.15, -0.1) is 0 Å². The maximum Gasteiger partial charge on any atom is 0.335 e. The summed E-state index contributed by atoms with van der Waals surface area (Å²) in [4.78, 5) is 11.8. The fraction of sp³-hybridized carbons (Fsp3) is 0.480. The van der Waals surface area contributed by atoms with Crippen LogP contribution in [0.3, 0.4) is 0 Å². The molecule has 0 aromatic heterocycles. The minimum Gasteiger partial charge on any atom is -0.479 e. The lowest BCUT2D eigenvalue weighted by atomic mass is 9.98. The molecule has 3 atom stereocenters. The number of rotatable bonds is 6. The highest BCUT2D eigenvalue weighted by atomic mass is 28.4. The number of aliphatic carboxylic acids is 1. The van der Waals surface area contributed by atoms with Gasteiger partial charge >= 0.3 is 5.97 Å². The molecule has 2 aliphatic heterocycles. The van der Waals surface area contributed by atoms with Gasteiger partial charge < -0.3 is 23.7 Å². The Labute approximate surface area is 190 Å². The van der Waals surface area contributed by atoms with Crippen molar-refractivity contribution in [1.82, 2.24) is 0 Å². The minimum absolute atomic E-state index is 0.107. The van der Waals surface area contributed by atoms with Crippen LogP contribution in [-0.2, 0) is 23.4 Å². The van der Waals surface area contributed by atoms with Crippen LogP contribution in [0.2, 0.25) is 5.04 Å². The van der Waals surface area contributed by atoms with Crippen LogP contribution < -0.4 is 10.4 Å². The average molecular weight is 457 g/mol. The summed E-state index contributed by atoms with van der Waals surface area (Å²) in [5, 5.41) is 11.8. The Bertz CT molecular complexity index is 916. The van der Waals surface area contributed by atoms with Gasteiger partial charge in [0.1, 0.15) is 11.7 Å². The fourth-order valence-electron chi connectivity index (χ4n) is 5.10. The molecule has 2 fully saturated rings. The van der Waals surface area contributed by atoms with Gasteiger partial charge in [0.15, 0.2) is 11.9 Å². The van der Waals surface area contributed by atoms with Crippen LogP contribution in [0.4, 0.5) is 0 Å². The Kier molecular flexibility index (Phi) is 5.84. The number of carboxylic acids is 1. The molecule has 7 heteroatoms. The molecule has 0 amide bonds. The summed E-state index contributed by atoms with van der Waals surface area (Å²) in [7, 11) is -2.82. The van der Waals surface area contributed by atoms with Crippen LogP contribution in [0.25, 0.3) is 0 Å². The van der Waals surface area contributed by atoms with E-state index >= 15 is 0 Å². The van der Waals surface area contributed by atoms with Crippen molar-refractivity contribution in [2.45, 2.75) is 63.3 Å². The normalized spacial score (nSPS) is 27.3. The lowest BCUT2D eigenvalue weighted by molar-refractivity contribution is -0.197. The standard InChI is InChI=1S/C25H32O6Si/c1-23(2,3)32(18-12-8-6-9-13-18,19-14-10-7-11-15-19)29-17-25-16-28-20(22(26)27)21(25)30-24(4,5)31-25/h6-15,20-21H,16-17H2,1-5H3,(H,26,27)/t20-,21+,25+/m1/s1. The van der Waals surface area contributed by atoms with Crippen molar-refractivity contribution < 1.29 is 28.5 Å². The SMILES string of the molecule is CC1(C)O[C@H]2[C@H](C(=O)O)OC[C@@]2(CO[Si](c2ccccc2)(c2ccccc2)C(C)(C)C)O1. The molecule has 172 valence electrons. The van der Waals surface area contributed by atoms with E-state index in [2.05, 4.69) is 45.0 Å². The van der Waals surface area contributed by atoms with Gasteiger partial charge in [-0.25, -0.2) is 4.79 Å². The first kappa shape index (κ1) is 23.1. The summed E-state index contributed by atoms with van der Waals surface area (Å²) in [6.45, 7) is 10.5. The molecule has 32 heavy (non-hydrogen) atoms. The smallest absolute Gasteiger partial charge is 0.335 e. The second kappa shape index (κ2) is 8.08. The molecular weight excluding hydrogens is 424 g/mol. The zero-order valence-corrected chi connectivity index (χ0v) is 20.3. The summed E-state index contributed by atoms with van der Waals surface area (Å²) < 4.78 is 25.0. The van der Waals surface area contributed by atoms with Gasteiger partial charge in [-0.1, -0.05) is 81.4 Å². The summed E-state index contributed by atoms with van der Waals surface area (Å²) in [5.41, 5.74) is -0.986. The monoisotopic (exact) mass is 456 g/mol. The van der Waals surface area contributed by atoms with Crippen LogP contribution in [0.15, 0.2) is 60.7 Å². The van der Waals surface area contributed by atoms with Gasteiger partial charge in [0.05, 0.1) is 13.2 Å². The van der Waals surface area contributed by atoms with Crippen LogP contribution >= 0.6 is 0 Å². The van der Waals surface area contributed by atoms with Gasteiger partial charge in [-0.3, -0.25) is 0 Å². The third-order valence-electron chi connectivity index (χ3n) is 6.35. The minimum atomic E-state index is -2.82. The maximum absolute atomic E-state index is 11.8. The molecule has 0 spiro atoms. The van der Waals surface area contributed by atoms with Crippen LogP contribution in [0, 0.1) is 0 Å². The molecule has 2 aromatic rings. The largest absolute Gasteiger partial charge is 0.479 e. The first-order chi connectivity index (χ1) is 15.0. The van der Waals surface area contributed by atoms with Crippen molar-refractivity contribution in [3.8, 4) is 0 Å². The van der Waals surface area contributed by atoms with Gasteiger partial charge in [-0.2, -0.15) is 0 Å². The van der Waals surface area contributed by atoms with Crippen LogP contribution in [0.1, 0.15) is 34.6 Å². The summed E-state index contributed by atoms with van der Waals surface area (Å²) in [6.07, 6.45) is -1.83. The van der Waals surface area contributed by atoms with Crippen LogP contribution in [0.5, 0.6) is 0 Å². The van der Waals surface area contributed by atoms with Gasteiger partial charge in [0, 0.05) is 0 Å². The first-order valence-electron chi connectivity index (χ1n) is 11.0. The first-order valence-corrected chi connectivity index (χ1v) is 12.9. The average Bonchev–Trinajstić information content (AvgIpc) is 3.19. The fourth-order valence-corrected chi connectivity index (χ4v) is 9.71. The van der Waals surface area contributed by atoms with Crippen molar-refractivity contribution in [3.63, 3.8) is 0 Å². The summed E-state index contributed by atoms with van der Waals surface area (Å²) >= 11 is 0. The van der Waals surface area contributed by atoms with Crippen molar-refractivity contribution >= 4 is 24.7 Å². The second-order valence-electron chi connectivity index (χ2n) is 10.1. The number of benzene rings is 2. The third-order valence-corrected chi connectivity index (χ3v) is 11.3. The van der Waals surface area contributed by atoms with Gasteiger partial charge in [0.2, 0.25) is 0 Å². The predicted molar refractivity (Wildman–Crippen MR) is 124 cm³/mol. The molecule has 0 unspecified atom stereocenters. The Hall–Kier alpha value is -2.03. The van der Waals surface area contributed by atoms with Gasteiger partial charge in [0.25, 0.3) is 8.32 Å². The number of carboxylic acid groups (broad SMARTS) is 1. The molecule has 0 saturated carbocycles. The highest BCUT2D eigenvalue weighted by molar-refractivity contribution is 6.99. The summed E-state index contributed by atoms with van der Waals surface area (Å²) in [6, 6.07) is 20.7. The molecule has 6 nitrogen and oxygen atoms in total. The maximum atomic E-state index is 11.8. The zero-order valence-electron chi connectivity index (χ0n) is 19.3. The van der Waals surface area contributed by atoms with Crippen LogP contribution in [-0.4, -0.2) is 56.2 Å². The second-order valence-corrected chi connectivity index (χ2v) is 14.4. The Morgan fingerprint density at radius 2 is 1.59 bits per heavy atom. The quantitative estimate of drug-likeness (QED) is 0.674. The number of ether oxygens (including phenoxy) is 3. The molecule has 0 aliphatic carbocycles. The van der Waals surface area contributed by atoms with Gasteiger partial charge in [-0.05, 0) is 29.3 Å². The van der Waals surface area contributed by atoms with E-state index in [0.29, 0.717) is 0 Å². The van der Waals surface area contributed by atoms with E-state index in [1.54, 1.807) is 13.8 Å². The molecular formula is C25H32O6Si. The zero-order chi connectivity index (χ0) is 23.2. The van der Waals surface area contributed by atoms with Crippen molar-refractivity contribution in [2.75, 3.05) is 13.2 Å². The molecule has 0 bridgehead atoms. The lowest BCUT2D eigenvalue weighted by Crippen LogP contribution is -2.68. The topological polar surface area (TPSA) is 74.2 Å². The van der Waals surface area contributed by atoms with E-state index in [-0.39, 0.29) is 18.3 Å². The molecule has 1 N–H and O–H groups in total. The van der Waals surface area contributed by atoms with E-state index < -0.39 is 37.9 Å². The van der Waals surface area contributed by atoms with E-state index in [9.17, 15) is 9.90 Å². The third kappa shape index (κ3) is 3.82. The lowest BCUT2D eigenvalue weighted by Gasteiger charge is -2.44. The molecule has 2 saturated heterocycles. The number of carbonyl (C=O) groups is 1. The predicted octanol–water partition coefficient (Wildman–Crippen LogP) is 2.94. The molecule has 2 heterocycles. The van der Waals surface area contributed by atoms with Crippen molar-refractivity contribution in [2.24, 2.45) is 0 Å². The van der Waals surface area contributed by atoms with Crippen molar-refractivity contribution in [1.29, 1.82) is 0 Å². The highest BCUT2D eigenvalue weighted by Gasteiger charge is 2.64. The molecule has 0 radical (unpaired) electrons. The van der Waals surface area contributed by atoms with E-state index in [4.69, 9.17) is 18.6 Å². The number of hydrogen-bond donors (Lipinski definition) is 1. The Morgan fingerprint density at radius 1 is 1.06 bits per heavy atom. The Balaban J connectivity index is 1.78. The number of hydrogen-bond acceptors (Lipinski definition) is 5.